The number of pyridine rings is 2. The molecule has 0 spiro atoms. The number of rotatable bonds is 5. The van der Waals surface area contributed by atoms with E-state index < -0.39 is 11.2 Å². The number of halogens is 1. The van der Waals surface area contributed by atoms with Gasteiger partial charge in [0.05, 0.1) is 16.0 Å². The van der Waals surface area contributed by atoms with Crippen LogP contribution in [-0.2, 0) is 6.54 Å². The van der Waals surface area contributed by atoms with Crippen molar-refractivity contribution in [2.24, 2.45) is 5.92 Å². The zero-order valence-corrected chi connectivity index (χ0v) is 20.0. The van der Waals surface area contributed by atoms with E-state index in [9.17, 15) is 14.4 Å². The number of hydrogen-bond acceptors (Lipinski definition) is 6. The Labute approximate surface area is 201 Å². The van der Waals surface area contributed by atoms with Crippen molar-refractivity contribution in [3.05, 3.63) is 61.5 Å². The van der Waals surface area contributed by atoms with Crippen molar-refractivity contribution < 1.29 is 4.79 Å². The number of H-pyrrole nitrogens is 1. The first-order chi connectivity index (χ1) is 16.3. The second-order valence-electron chi connectivity index (χ2n) is 9.45. The third kappa shape index (κ3) is 4.32. The molecule has 1 N–H and O–H groups in total. The average molecular weight is 483 g/mol. The second kappa shape index (κ2) is 8.87. The number of amides is 1. The molecule has 1 saturated carbocycles. The summed E-state index contributed by atoms with van der Waals surface area (Å²) in [5.74, 6) is 1.05. The molecule has 4 heterocycles. The number of nitrogens with one attached hydrogen (secondary N) is 1. The van der Waals surface area contributed by atoms with Gasteiger partial charge in [-0.1, -0.05) is 25.4 Å². The van der Waals surface area contributed by atoms with Gasteiger partial charge in [-0.25, -0.2) is 14.8 Å². The summed E-state index contributed by atoms with van der Waals surface area (Å²) >= 11 is 5.94. The molecule has 1 saturated heterocycles. The first kappa shape index (κ1) is 22.6. The molecule has 0 aromatic carbocycles. The molecule has 178 valence electrons. The Balaban J connectivity index is 1.50. The maximum atomic E-state index is 13.7. The van der Waals surface area contributed by atoms with Crippen molar-refractivity contribution in [1.29, 1.82) is 0 Å². The first-order valence-electron chi connectivity index (χ1n) is 11.7. The third-order valence-electron chi connectivity index (χ3n) is 6.34. The van der Waals surface area contributed by atoms with Crippen LogP contribution in [0.25, 0.3) is 11.0 Å². The molecule has 0 atom stereocenters. The smallest absolute Gasteiger partial charge is 0.330 e. The van der Waals surface area contributed by atoms with E-state index in [0.717, 1.165) is 24.4 Å². The molecule has 34 heavy (non-hydrogen) atoms. The van der Waals surface area contributed by atoms with Crippen molar-refractivity contribution in [1.82, 2.24) is 24.4 Å². The van der Waals surface area contributed by atoms with Crippen LogP contribution in [0.15, 0.2) is 34.0 Å². The van der Waals surface area contributed by atoms with Crippen molar-refractivity contribution in [3.8, 4) is 0 Å². The molecule has 0 radical (unpaired) electrons. The highest BCUT2D eigenvalue weighted by atomic mass is 35.5. The van der Waals surface area contributed by atoms with E-state index in [-0.39, 0.29) is 23.1 Å². The van der Waals surface area contributed by atoms with Gasteiger partial charge in [0.1, 0.15) is 5.82 Å². The molecular formula is C24H27ClN6O3. The molecule has 2 aliphatic rings. The number of nitrogens with zero attached hydrogens (tertiary/aromatic N) is 5. The first-order valence-corrected chi connectivity index (χ1v) is 12.0. The van der Waals surface area contributed by atoms with E-state index in [1.54, 1.807) is 23.2 Å². The highest BCUT2D eigenvalue weighted by Crippen LogP contribution is 2.40. The lowest BCUT2D eigenvalue weighted by atomic mass is 10.1. The zero-order chi connectivity index (χ0) is 24.0. The van der Waals surface area contributed by atoms with E-state index in [4.69, 9.17) is 16.6 Å². The Hall–Kier alpha value is -3.20. The Morgan fingerprint density at radius 2 is 1.91 bits per heavy atom. The van der Waals surface area contributed by atoms with Crippen LogP contribution in [0, 0.1) is 5.92 Å². The van der Waals surface area contributed by atoms with Crippen LogP contribution in [0.1, 0.15) is 48.7 Å². The highest BCUT2D eigenvalue weighted by Gasteiger charge is 2.31. The summed E-state index contributed by atoms with van der Waals surface area (Å²) in [7, 11) is 0. The van der Waals surface area contributed by atoms with Crippen LogP contribution in [0.2, 0.25) is 5.02 Å². The Morgan fingerprint density at radius 3 is 2.53 bits per heavy atom. The van der Waals surface area contributed by atoms with Crippen LogP contribution in [-0.4, -0.2) is 56.5 Å². The lowest BCUT2D eigenvalue weighted by molar-refractivity contribution is 0.0748. The number of hydrogen-bond donors (Lipinski definition) is 1. The van der Waals surface area contributed by atoms with E-state index in [0.29, 0.717) is 49.0 Å². The maximum absolute atomic E-state index is 13.7. The van der Waals surface area contributed by atoms with Gasteiger partial charge in [-0.05, 0) is 37.0 Å². The Bertz CT molecular complexity index is 1350. The topological polar surface area (TPSA) is 104 Å². The molecule has 9 nitrogen and oxygen atoms in total. The van der Waals surface area contributed by atoms with Gasteiger partial charge in [0.25, 0.3) is 11.5 Å². The molecular weight excluding hydrogens is 456 g/mol. The fourth-order valence-corrected chi connectivity index (χ4v) is 4.56. The fourth-order valence-electron chi connectivity index (χ4n) is 4.45. The molecule has 0 unspecified atom stereocenters. The van der Waals surface area contributed by atoms with Gasteiger partial charge in [0.2, 0.25) is 0 Å². The normalized spacial score (nSPS) is 16.5. The van der Waals surface area contributed by atoms with E-state index in [1.165, 1.54) is 4.57 Å². The summed E-state index contributed by atoms with van der Waals surface area (Å²) in [4.78, 5) is 54.5. The summed E-state index contributed by atoms with van der Waals surface area (Å²) in [6.45, 7) is 6.63. The van der Waals surface area contributed by atoms with Crippen LogP contribution in [0.3, 0.4) is 0 Å². The van der Waals surface area contributed by atoms with Crippen molar-refractivity contribution in [2.75, 3.05) is 31.1 Å². The van der Waals surface area contributed by atoms with Crippen LogP contribution >= 0.6 is 11.6 Å². The molecule has 1 aliphatic heterocycles. The molecule has 3 aromatic rings. The molecule has 2 fully saturated rings. The number of anilines is 1. The van der Waals surface area contributed by atoms with Gasteiger partial charge >= 0.3 is 5.69 Å². The van der Waals surface area contributed by atoms with Crippen LogP contribution in [0.5, 0.6) is 0 Å². The number of carbonyl (C=O) groups excluding carboxylic acids is 1. The summed E-state index contributed by atoms with van der Waals surface area (Å²) in [5.41, 5.74) is 0.349. The highest BCUT2D eigenvalue weighted by molar-refractivity contribution is 6.30. The number of fused-ring (bicyclic) bond motifs is 1. The predicted molar refractivity (Wildman–Crippen MR) is 131 cm³/mol. The fraction of sp³-hybridized carbons (Fsp3) is 0.458. The minimum Gasteiger partial charge on any atom is -0.353 e. The quantitative estimate of drug-likeness (QED) is 0.599. The van der Waals surface area contributed by atoms with E-state index in [2.05, 4.69) is 14.9 Å². The number of aromatic nitrogens is 4. The molecule has 3 aromatic heterocycles. The van der Waals surface area contributed by atoms with Gasteiger partial charge in [-0.3, -0.25) is 19.1 Å². The molecule has 10 heteroatoms. The maximum Gasteiger partial charge on any atom is 0.330 e. The predicted octanol–water partition coefficient (Wildman–Crippen LogP) is 2.63. The lowest BCUT2D eigenvalue weighted by Crippen LogP contribution is -2.49. The third-order valence-corrected chi connectivity index (χ3v) is 6.57. The summed E-state index contributed by atoms with van der Waals surface area (Å²) < 4.78 is 1.49. The van der Waals surface area contributed by atoms with Gasteiger partial charge in [-0.2, -0.15) is 0 Å². The Kier molecular flexibility index (Phi) is 5.89. The van der Waals surface area contributed by atoms with Crippen LogP contribution in [0.4, 0.5) is 5.82 Å². The van der Waals surface area contributed by atoms with E-state index >= 15 is 0 Å². The van der Waals surface area contributed by atoms with Gasteiger partial charge < -0.3 is 9.80 Å². The number of carbonyl (C=O) groups is 1. The molecule has 0 bridgehead atoms. The number of piperazine rings is 1. The average Bonchev–Trinajstić information content (AvgIpc) is 3.66. The van der Waals surface area contributed by atoms with Gasteiger partial charge in [0.15, 0.2) is 5.65 Å². The Morgan fingerprint density at radius 1 is 1.18 bits per heavy atom. The lowest BCUT2D eigenvalue weighted by Gasteiger charge is -2.35. The minimum absolute atomic E-state index is 0.173. The second-order valence-corrected chi connectivity index (χ2v) is 9.88. The summed E-state index contributed by atoms with van der Waals surface area (Å²) in [6.07, 6.45) is 3.60. The van der Waals surface area contributed by atoms with Gasteiger partial charge in [-0.15, -0.1) is 0 Å². The van der Waals surface area contributed by atoms with Crippen LogP contribution < -0.4 is 16.1 Å². The summed E-state index contributed by atoms with van der Waals surface area (Å²) in [6, 6.07) is 5.42. The van der Waals surface area contributed by atoms with Crippen molar-refractivity contribution in [3.63, 3.8) is 0 Å². The summed E-state index contributed by atoms with van der Waals surface area (Å²) in [5, 5.41) is 0.770. The standard InChI is InChI=1S/C24H27ClN6O3/c1-14(2)13-31-21-20(22(32)28-24(31)34)17(11-18(27-21)15-3-4-15)23(33)30-9-7-29(8-10-30)19-6-5-16(25)12-26-19/h5-6,11-12,14-15H,3-4,7-10,13H2,1-2H3,(H,28,32,34). The zero-order valence-electron chi connectivity index (χ0n) is 19.3. The van der Waals surface area contributed by atoms with Gasteiger partial charge in [0, 0.05) is 50.5 Å². The molecule has 5 rings (SSSR count). The van der Waals surface area contributed by atoms with Crippen molar-refractivity contribution in [2.45, 2.75) is 39.2 Å². The largest absolute Gasteiger partial charge is 0.353 e. The monoisotopic (exact) mass is 482 g/mol. The molecule has 1 amide bonds. The SMILES string of the molecule is CC(C)Cn1c(=O)[nH]c(=O)c2c(C(=O)N3CCN(c4ccc(Cl)cn4)CC3)cc(C3CC3)nc21. The van der Waals surface area contributed by atoms with E-state index in [1.807, 2.05) is 19.9 Å². The van der Waals surface area contributed by atoms with Crippen molar-refractivity contribution >= 4 is 34.4 Å². The minimum atomic E-state index is -0.567. The number of aromatic amines is 1. The molecule has 1 aliphatic carbocycles.